The van der Waals surface area contributed by atoms with Gasteiger partial charge in [-0.2, -0.15) is 0 Å². The highest BCUT2D eigenvalue weighted by molar-refractivity contribution is 5.85. The molecule has 0 heterocycles. The Kier molecular flexibility index (Phi) is 5.65. The number of alkyl halides is 2. The smallest absolute Gasteiger partial charge is 0.310 e. The van der Waals surface area contributed by atoms with Crippen LogP contribution < -0.4 is 5.32 Å². The number of halogens is 2. The Hall–Kier alpha value is -1.24. The van der Waals surface area contributed by atoms with Gasteiger partial charge in [-0.3, -0.25) is 9.59 Å². The lowest BCUT2D eigenvalue weighted by molar-refractivity contribution is -0.154. The largest absolute Gasteiger partial charge is 0.481 e. The van der Waals surface area contributed by atoms with E-state index in [2.05, 4.69) is 5.32 Å². The maximum atomic E-state index is 12.0. The number of aliphatic carboxylic acids is 1. The molecule has 1 unspecified atom stereocenters. The average Bonchev–Trinajstić information content (AvgIpc) is 2.36. The van der Waals surface area contributed by atoms with E-state index < -0.39 is 36.4 Å². The van der Waals surface area contributed by atoms with Crippen molar-refractivity contribution in [2.75, 3.05) is 6.54 Å². The molecule has 1 aliphatic rings. The molecule has 0 aromatic rings. The topological polar surface area (TPSA) is 86.6 Å². The zero-order valence-electron chi connectivity index (χ0n) is 10.6. The van der Waals surface area contributed by atoms with E-state index in [1.807, 2.05) is 0 Å². The van der Waals surface area contributed by atoms with Crippen LogP contribution in [0.15, 0.2) is 0 Å². The average molecular weight is 279 g/mol. The Morgan fingerprint density at radius 1 is 1.21 bits per heavy atom. The first-order chi connectivity index (χ1) is 8.87. The second-order valence-corrected chi connectivity index (χ2v) is 5.03. The van der Waals surface area contributed by atoms with Gasteiger partial charge in [-0.25, -0.2) is 8.78 Å². The minimum Gasteiger partial charge on any atom is -0.481 e. The van der Waals surface area contributed by atoms with Crippen molar-refractivity contribution in [1.29, 1.82) is 0 Å². The van der Waals surface area contributed by atoms with Crippen LogP contribution in [0.1, 0.15) is 38.5 Å². The summed E-state index contributed by atoms with van der Waals surface area (Å²) in [4.78, 5) is 22.9. The third-order valence-corrected chi connectivity index (χ3v) is 3.56. The second-order valence-electron chi connectivity index (χ2n) is 5.03. The number of rotatable bonds is 6. The maximum Gasteiger partial charge on any atom is 0.310 e. The maximum absolute atomic E-state index is 12.0. The van der Waals surface area contributed by atoms with Gasteiger partial charge in [0.05, 0.1) is 5.41 Å². The van der Waals surface area contributed by atoms with Gasteiger partial charge in [0.2, 0.25) is 5.91 Å². The monoisotopic (exact) mass is 279 g/mol. The fourth-order valence-corrected chi connectivity index (χ4v) is 2.37. The summed E-state index contributed by atoms with van der Waals surface area (Å²) in [5, 5.41) is 20.3. The number of hydrogen-bond donors (Lipinski definition) is 3. The van der Waals surface area contributed by atoms with Crippen molar-refractivity contribution >= 4 is 11.9 Å². The van der Waals surface area contributed by atoms with Crippen LogP contribution in [0.5, 0.6) is 0 Å². The van der Waals surface area contributed by atoms with Crippen LogP contribution in [0.2, 0.25) is 0 Å². The van der Waals surface area contributed by atoms with Crippen molar-refractivity contribution in [3.63, 3.8) is 0 Å². The molecule has 0 bridgehead atoms. The fraction of sp³-hybridized carbons (Fsp3) is 0.833. The first-order valence-electron chi connectivity index (χ1n) is 6.34. The van der Waals surface area contributed by atoms with E-state index in [0.29, 0.717) is 12.8 Å². The second kappa shape index (κ2) is 6.79. The van der Waals surface area contributed by atoms with Crippen LogP contribution in [0.4, 0.5) is 8.78 Å². The van der Waals surface area contributed by atoms with Crippen molar-refractivity contribution in [2.24, 2.45) is 5.41 Å². The normalized spacial score (nSPS) is 20.0. The van der Waals surface area contributed by atoms with E-state index in [9.17, 15) is 23.5 Å². The molecule has 1 saturated carbocycles. The van der Waals surface area contributed by atoms with E-state index in [-0.39, 0.29) is 6.42 Å². The Labute approximate surface area is 110 Å². The van der Waals surface area contributed by atoms with Crippen molar-refractivity contribution in [3.05, 3.63) is 0 Å². The van der Waals surface area contributed by atoms with E-state index in [0.717, 1.165) is 19.3 Å². The Morgan fingerprint density at radius 3 is 2.26 bits per heavy atom. The van der Waals surface area contributed by atoms with Crippen LogP contribution in [-0.4, -0.2) is 41.2 Å². The molecule has 0 saturated heterocycles. The van der Waals surface area contributed by atoms with Gasteiger partial charge in [0.1, 0.15) is 6.10 Å². The SMILES string of the molecule is O=C(CC1(C(=O)O)CCCCC1)NCC(O)C(F)F. The summed E-state index contributed by atoms with van der Waals surface area (Å²) < 4.78 is 24.1. The fourth-order valence-electron chi connectivity index (χ4n) is 2.37. The summed E-state index contributed by atoms with van der Waals surface area (Å²) >= 11 is 0. The number of carboxylic acids is 1. The van der Waals surface area contributed by atoms with Gasteiger partial charge >= 0.3 is 5.97 Å². The molecule has 0 radical (unpaired) electrons. The lowest BCUT2D eigenvalue weighted by Crippen LogP contribution is -2.42. The quantitative estimate of drug-likeness (QED) is 0.681. The summed E-state index contributed by atoms with van der Waals surface area (Å²) in [6, 6.07) is 0. The minimum atomic E-state index is -2.93. The molecule has 0 spiro atoms. The molecule has 1 rings (SSSR count). The molecule has 3 N–H and O–H groups in total. The van der Waals surface area contributed by atoms with Crippen LogP contribution in [0, 0.1) is 5.41 Å². The zero-order valence-corrected chi connectivity index (χ0v) is 10.6. The predicted octanol–water partition coefficient (Wildman–Crippen LogP) is 1.15. The van der Waals surface area contributed by atoms with Crippen molar-refractivity contribution in [1.82, 2.24) is 5.32 Å². The molecular formula is C12H19F2NO4. The molecule has 0 aromatic carbocycles. The highest BCUT2D eigenvalue weighted by atomic mass is 19.3. The third-order valence-electron chi connectivity index (χ3n) is 3.56. The molecule has 1 atom stereocenters. The van der Waals surface area contributed by atoms with E-state index >= 15 is 0 Å². The number of aliphatic hydroxyl groups excluding tert-OH is 1. The number of nitrogens with one attached hydrogen (secondary N) is 1. The minimum absolute atomic E-state index is 0.224. The van der Waals surface area contributed by atoms with Crippen LogP contribution in [0.25, 0.3) is 0 Å². The number of aliphatic hydroxyl groups is 1. The molecule has 0 aromatic heterocycles. The number of amides is 1. The summed E-state index contributed by atoms with van der Waals surface area (Å²) in [6.45, 7) is -0.563. The Morgan fingerprint density at radius 2 is 1.79 bits per heavy atom. The lowest BCUT2D eigenvalue weighted by Gasteiger charge is -2.32. The van der Waals surface area contributed by atoms with E-state index in [1.165, 1.54) is 0 Å². The van der Waals surface area contributed by atoms with Gasteiger partial charge in [0.25, 0.3) is 6.43 Å². The zero-order chi connectivity index (χ0) is 14.5. The lowest BCUT2D eigenvalue weighted by atomic mass is 9.71. The molecule has 1 amide bonds. The molecule has 1 fully saturated rings. The van der Waals surface area contributed by atoms with Crippen LogP contribution >= 0.6 is 0 Å². The number of carbonyl (C=O) groups excluding carboxylic acids is 1. The van der Waals surface area contributed by atoms with E-state index in [4.69, 9.17) is 5.11 Å². The van der Waals surface area contributed by atoms with Crippen LogP contribution in [0.3, 0.4) is 0 Å². The molecule has 0 aliphatic heterocycles. The number of carboxylic acid groups (broad SMARTS) is 1. The first kappa shape index (κ1) is 15.8. The highest BCUT2D eigenvalue weighted by Crippen LogP contribution is 2.39. The summed E-state index contributed by atoms with van der Waals surface area (Å²) in [6.07, 6.45) is -1.78. The Bertz CT molecular complexity index is 330. The number of carbonyl (C=O) groups is 2. The molecule has 7 heteroatoms. The molecule has 110 valence electrons. The highest BCUT2D eigenvalue weighted by Gasteiger charge is 2.41. The molecule has 19 heavy (non-hydrogen) atoms. The molecule has 1 aliphatic carbocycles. The Balaban J connectivity index is 2.50. The third kappa shape index (κ3) is 4.41. The van der Waals surface area contributed by atoms with Crippen molar-refractivity contribution in [2.45, 2.75) is 51.1 Å². The van der Waals surface area contributed by atoms with Gasteiger partial charge in [-0.15, -0.1) is 0 Å². The summed E-state index contributed by atoms with van der Waals surface area (Å²) in [7, 11) is 0. The van der Waals surface area contributed by atoms with Gasteiger partial charge in [0, 0.05) is 13.0 Å². The van der Waals surface area contributed by atoms with Gasteiger partial charge in [0.15, 0.2) is 0 Å². The molecule has 5 nitrogen and oxygen atoms in total. The van der Waals surface area contributed by atoms with Gasteiger partial charge < -0.3 is 15.5 Å². The predicted molar refractivity (Wildman–Crippen MR) is 62.8 cm³/mol. The summed E-state index contributed by atoms with van der Waals surface area (Å²) in [5.41, 5.74) is -1.09. The number of hydrogen-bond acceptors (Lipinski definition) is 3. The van der Waals surface area contributed by atoms with E-state index in [1.54, 1.807) is 0 Å². The van der Waals surface area contributed by atoms with Crippen molar-refractivity contribution < 1.29 is 28.6 Å². The molecular weight excluding hydrogens is 260 g/mol. The van der Waals surface area contributed by atoms with Gasteiger partial charge in [-0.1, -0.05) is 19.3 Å². The summed E-state index contributed by atoms with van der Waals surface area (Å²) in [5.74, 6) is -1.62. The standard InChI is InChI=1S/C12H19F2NO4/c13-10(14)8(16)7-15-9(17)6-12(11(18)19)4-2-1-3-5-12/h8,10,16H,1-7H2,(H,15,17)(H,18,19). The first-order valence-corrected chi connectivity index (χ1v) is 6.34. The van der Waals surface area contributed by atoms with Crippen molar-refractivity contribution in [3.8, 4) is 0 Å². The van der Waals surface area contributed by atoms with Gasteiger partial charge in [-0.05, 0) is 12.8 Å². The van der Waals surface area contributed by atoms with Crippen LogP contribution in [-0.2, 0) is 9.59 Å².